The molecular weight excluding hydrogens is 214 g/mol. The van der Waals surface area contributed by atoms with Gasteiger partial charge >= 0.3 is 5.97 Å². The fraction of sp³-hybridized carbons (Fsp3) is 0.929. The second-order valence-electron chi connectivity index (χ2n) is 5.71. The molecule has 0 aliphatic heterocycles. The highest BCUT2D eigenvalue weighted by Crippen LogP contribution is 2.46. The summed E-state index contributed by atoms with van der Waals surface area (Å²) in [6.45, 7) is 6.43. The fourth-order valence-corrected chi connectivity index (χ4v) is 3.41. The van der Waals surface area contributed by atoms with Crippen LogP contribution < -0.4 is 5.73 Å². The van der Waals surface area contributed by atoms with Crippen LogP contribution in [0.1, 0.15) is 52.9 Å². The Morgan fingerprint density at radius 1 is 1.47 bits per heavy atom. The molecule has 4 atom stereocenters. The summed E-state index contributed by atoms with van der Waals surface area (Å²) in [6.07, 6.45) is 4.83. The minimum atomic E-state index is -0.288. The molecule has 1 aliphatic carbocycles. The number of carbonyl (C=O) groups excluding carboxylic acids is 1. The number of hydrogen-bond acceptors (Lipinski definition) is 3. The lowest BCUT2D eigenvalue weighted by Crippen LogP contribution is -2.44. The summed E-state index contributed by atoms with van der Waals surface area (Å²) >= 11 is 0. The zero-order valence-electron chi connectivity index (χ0n) is 11.7. The number of rotatable bonds is 4. The largest absolute Gasteiger partial charge is 0.469 e. The SMILES string of the molecule is CCC(N)C1CC(C)CC(CC)(C(=O)OC)C1. The summed E-state index contributed by atoms with van der Waals surface area (Å²) in [7, 11) is 1.49. The summed E-state index contributed by atoms with van der Waals surface area (Å²) < 4.78 is 5.01. The molecule has 2 N–H and O–H groups in total. The van der Waals surface area contributed by atoms with Crippen LogP contribution >= 0.6 is 0 Å². The minimum Gasteiger partial charge on any atom is -0.469 e. The van der Waals surface area contributed by atoms with Gasteiger partial charge in [0.15, 0.2) is 0 Å². The molecule has 17 heavy (non-hydrogen) atoms. The van der Waals surface area contributed by atoms with Crippen LogP contribution in [0.15, 0.2) is 0 Å². The van der Waals surface area contributed by atoms with E-state index in [0.717, 1.165) is 32.1 Å². The standard InChI is InChI=1S/C14H27NO2/c1-5-12(15)11-7-10(3)8-14(6-2,9-11)13(16)17-4/h10-12H,5-9,15H2,1-4H3. The van der Waals surface area contributed by atoms with Gasteiger partial charge in [0.25, 0.3) is 0 Å². The van der Waals surface area contributed by atoms with Gasteiger partial charge in [-0.2, -0.15) is 0 Å². The zero-order valence-corrected chi connectivity index (χ0v) is 11.7. The van der Waals surface area contributed by atoms with E-state index in [0.29, 0.717) is 11.8 Å². The van der Waals surface area contributed by atoms with Crippen LogP contribution in [0.2, 0.25) is 0 Å². The number of ether oxygens (including phenoxy) is 1. The Balaban J connectivity index is 2.87. The van der Waals surface area contributed by atoms with Crippen molar-refractivity contribution in [1.82, 2.24) is 0 Å². The van der Waals surface area contributed by atoms with E-state index >= 15 is 0 Å². The summed E-state index contributed by atoms with van der Waals surface area (Å²) in [5, 5.41) is 0. The number of carbonyl (C=O) groups is 1. The highest BCUT2D eigenvalue weighted by molar-refractivity contribution is 5.76. The second-order valence-corrected chi connectivity index (χ2v) is 5.71. The van der Waals surface area contributed by atoms with Gasteiger partial charge in [0.2, 0.25) is 0 Å². The molecule has 0 spiro atoms. The van der Waals surface area contributed by atoms with E-state index in [1.807, 2.05) is 0 Å². The second kappa shape index (κ2) is 5.85. The van der Waals surface area contributed by atoms with Crippen LogP contribution in [0.25, 0.3) is 0 Å². The van der Waals surface area contributed by atoms with E-state index in [9.17, 15) is 4.79 Å². The first kappa shape index (κ1) is 14.5. The third-order valence-corrected chi connectivity index (χ3v) is 4.47. The molecule has 0 heterocycles. The molecule has 0 aromatic rings. The molecule has 3 nitrogen and oxygen atoms in total. The average Bonchev–Trinajstić information content (AvgIpc) is 2.35. The van der Waals surface area contributed by atoms with Crippen molar-refractivity contribution in [2.24, 2.45) is 23.0 Å². The maximum absolute atomic E-state index is 12.1. The van der Waals surface area contributed by atoms with Crippen LogP contribution in [-0.4, -0.2) is 19.1 Å². The minimum absolute atomic E-state index is 0.0418. The van der Waals surface area contributed by atoms with Crippen molar-refractivity contribution in [3.05, 3.63) is 0 Å². The van der Waals surface area contributed by atoms with E-state index in [1.165, 1.54) is 7.11 Å². The topological polar surface area (TPSA) is 52.3 Å². The fourth-order valence-electron chi connectivity index (χ4n) is 3.41. The van der Waals surface area contributed by atoms with E-state index in [-0.39, 0.29) is 17.4 Å². The predicted molar refractivity (Wildman–Crippen MR) is 69.5 cm³/mol. The molecule has 1 fully saturated rings. The number of nitrogens with two attached hydrogens (primary N) is 1. The molecule has 0 amide bonds. The molecule has 0 saturated heterocycles. The third kappa shape index (κ3) is 3.01. The van der Waals surface area contributed by atoms with Crippen molar-refractivity contribution >= 4 is 5.97 Å². The Morgan fingerprint density at radius 3 is 2.59 bits per heavy atom. The van der Waals surface area contributed by atoms with E-state index in [2.05, 4.69) is 20.8 Å². The predicted octanol–water partition coefficient (Wildman–Crippen LogP) is 2.73. The first-order chi connectivity index (χ1) is 7.99. The van der Waals surface area contributed by atoms with Gasteiger partial charge in [-0.05, 0) is 43.9 Å². The first-order valence-electron chi connectivity index (χ1n) is 6.83. The lowest BCUT2D eigenvalue weighted by Gasteiger charge is -2.43. The van der Waals surface area contributed by atoms with Gasteiger partial charge in [0.05, 0.1) is 12.5 Å². The highest BCUT2D eigenvalue weighted by Gasteiger charge is 2.45. The van der Waals surface area contributed by atoms with E-state index < -0.39 is 0 Å². The van der Waals surface area contributed by atoms with Crippen LogP contribution in [-0.2, 0) is 9.53 Å². The zero-order chi connectivity index (χ0) is 13.1. The van der Waals surface area contributed by atoms with Crippen molar-refractivity contribution in [3.8, 4) is 0 Å². The molecule has 1 rings (SSSR count). The quantitative estimate of drug-likeness (QED) is 0.770. The molecule has 0 aromatic carbocycles. The van der Waals surface area contributed by atoms with Crippen LogP contribution in [0.5, 0.6) is 0 Å². The Kier molecular flexibility index (Phi) is 4.99. The molecule has 0 aromatic heterocycles. The van der Waals surface area contributed by atoms with Crippen molar-refractivity contribution in [2.45, 2.75) is 58.9 Å². The maximum Gasteiger partial charge on any atom is 0.311 e. The van der Waals surface area contributed by atoms with Crippen molar-refractivity contribution in [2.75, 3.05) is 7.11 Å². The highest BCUT2D eigenvalue weighted by atomic mass is 16.5. The van der Waals surface area contributed by atoms with Gasteiger partial charge in [-0.3, -0.25) is 4.79 Å². The first-order valence-corrected chi connectivity index (χ1v) is 6.83. The van der Waals surface area contributed by atoms with Crippen LogP contribution in [0.4, 0.5) is 0 Å². The normalized spacial score (nSPS) is 35.4. The maximum atomic E-state index is 12.1. The molecule has 100 valence electrons. The summed E-state index contributed by atoms with van der Waals surface area (Å²) in [4.78, 5) is 12.1. The van der Waals surface area contributed by atoms with Gasteiger partial charge in [0.1, 0.15) is 0 Å². The number of esters is 1. The van der Waals surface area contributed by atoms with Crippen molar-refractivity contribution < 1.29 is 9.53 Å². The summed E-state index contributed by atoms with van der Waals surface area (Å²) in [5.74, 6) is 0.980. The molecule has 1 saturated carbocycles. The summed E-state index contributed by atoms with van der Waals surface area (Å²) in [5.41, 5.74) is 5.89. The molecule has 3 heteroatoms. The van der Waals surface area contributed by atoms with E-state index in [1.54, 1.807) is 0 Å². The van der Waals surface area contributed by atoms with Gasteiger partial charge in [-0.15, -0.1) is 0 Å². The lowest BCUT2D eigenvalue weighted by molar-refractivity contribution is -0.157. The third-order valence-electron chi connectivity index (χ3n) is 4.47. The number of methoxy groups -OCH3 is 1. The van der Waals surface area contributed by atoms with E-state index in [4.69, 9.17) is 10.5 Å². The van der Waals surface area contributed by atoms with Crippen LogP contribution in [0, 0.1) is 17.3 Å². The Hall–Kier alpha value is -0.570. The molecular formula is C14H27NO2. The number of hydrogen-bond donors (Lipinski definition) is 1. The van der Waals surface area contributed by atoms with Gasteiger partial charge in [-0.1, -0.05) is 20.8 Å². The average molecular weight is 241 g/mol. The monoisotopic (exact) mass is 241 g/mol. The smallest absolute Gasteiger partial charge is 0.311 e. The van der Waals surface area contributed by atoms with Crippen molar-refractivity contribution in [3.63, 3.8) is 0 Å². The molecule has 0 bridgehead atoms. The summed E-state index contributed by atoms with van der Waals surface area (Å²) in [6, 6.07) is 0.216. The van der Waals surface area contributed by atoms with Gasteiger partial charge in [0, 0.05) is 6.04 Å². The lowest BCUT2D eigenvalue weighted by atomic mass is 9.63. The Morgan fingerprint density at radius 2 is 2.12 bits per heavy atom. The Labute approximate surface area is 105 Å². The van der Waals surface area contributed by atoms with Gasteiger partial charge in [-0.25, -0.2) is 0 Å². The Bertz CT molecular complexity index is 267. The van der Waals surface area contributed by atoms with Gasteiger partial charge < -0.3 is 10.5 Å². The molecule has 1 aliphatic rings. The molecule has 4 unspecified atom stereocenters. The molecule has 0 radical (unpaired) electrons. The van der Waals surface area contributed by atoms with Crippen LogP contribution in [0.3, 0.4) is 0 Å². The van der Waals surface area contributed by atoms with Crippen molar-refractivity contribution in [1.29, 1.82) is 0 Å².